The van der Waals surface area contributed by atoms with Crippen molar-refractivity contribution in [3.8, 4) is 0 Å². The minimum atomic E-state index is -0.538. The lowest BCUT2D eigenvalue weighted by Gasteiger charge is -2.16. The first-order chi connectivity index (χ1) is 8.54. The lowest BCUT2D eigenvalue weighted by Crippen LogP contribution is -2.47. The van der Waals surface area contributed by atoms with Gasteiger partial charge in [0, 0.05) is 12.6 Å². The zero-order chi connectivity index (χ0) is 13.5. The average molecular weight is 306 g/mol. The van der Waals surface area contributed by atoms with Crippen molar-refractivity contribution in [1.82, 2.24) is 16.0 Å². The molecule has 2 atom stereocenters. The van der Waals surface area contributed by atoms with Gasteiger partial charge in [-0.25, -0.2) is 0 Å². The van der Waals surface area contributed by atoms with Gasteiger partial charge in [0.05, 0.1) is 4.88 Å². The van der Waals surface area contributed by atoms with Crippen molar-refractivity contribution >= 4 is 35.6 Å². The number of carbonyl (C=O) groups excluding carboxylic acids is 2. The molecule has 0 bridgehead atoms. The summed E-state index contributed by atoms with van der Waals surface area (Å²) in [5, 5.41) is 10.3. The summed E-state index contributed by atoms with van der Waals surface area (Å²) < 4.78 is 0. The Morgan fingerprint density at radius 3 is 2.58 bits per heavy atom. The minimum Gasteiger partial charge on any atom is -0.353 e. The molecule has 0 aliphatic rings. The van der Waals surface area contributed by atoms with E-state index in [1.807, 2.05) is 19.4 Å². The van der Waals surface area contributed by atoms with Gasteiger partial charge >= 0.3 is 0 Å². The molecular weight excluding hydrogens is 286 g/mol. The molecule has 0 spiro atoms. The molecule has 0 aromatic carbocycles. The third-order valence-corrected chi connectivity index (χ3v) is 3.43. The van der Waals surface area contributed by atoms with Gasteiger partial charge in [0.2, 0.25) is 5.91 Å². The fourth-order valence-corrected chi connectivity index (χ4v) is 1.88. The van der Waals surface area contributed by atoms with E-state index in [-0.39, 0.29) is 30.3 Å². The first kappa shape index (κ1) is 17.9. The van der Waals surface area contributed by atoms with Crippen LogP contribution in [0.15, 0.2) is 17.5 Å². The van der Waals surface area contributed by atoms with Crippen LogP contribution in [-0.4, -0.2) is 37.5 Å². The zero-order valence-corrected chi connectivity index (χ0v) is 12.9. The summed E-state index contributed by atoms with van der Waals surface area (Å²) in [6.07, 6.45) is 0. The molecule has 5 nitrogen and oxygen atoms in total. The number of carbonyl (C=O) groups is 2. The second kappa shape index (κ2) is 8.90. The Balaban J connectivity index is 0.00000324. The van der Waals surface area contributed by atoms with Crippen molar-refractivity contribution in [2.45, 2.75) is 25.9 Å². The summed E-state index contributed by atoms with van der Waals surface area (Å²) in [4.78, 5) is 24.0. The van der Waals surface area contributed by atoms with Crippen LogP contribution in [0.1, 0.15) is 23.5 Å². The molecule has 0 fully saturated rings. The molecule has 1 heterocycles. The van der Waals surface area contributed by atoms with Crippen molar-refractivity contribution in [2.24, 2.45) is 0 Å². The molecule has 1 rings (SSSR count). The summed E-state index contributed by atoms with van der Waals surface area (Å²) in [7, 11) is 1.83. The average Bonchev–Trinajstić information content (AvgIpc) is 2.89. The molecule has 2 amide bonds. The molecule has 0 aliphatic carbocycles. The Labute approximate surface area is 123 Å². The quantitative estimate of drug-likeness (QED) is 0.735. The van der Waals surface area contributed by atoms with E-state index >= 15 is 0 Å². The van der Waals surface area contributed by atoms with Crippen molar-refractivity contribution in [2.75, 3.05) is 13.6 Å². The van der Waals surface area contributed by atoms with Crippen LogP contribution in [0.4, 0.5) is 0 Å². The number of likely N-dealkylation sites (N-methyl/N-ethyl adjacent to an activating group) is 1. The van der Waals surface area contributed by atoms with Crippen molar-refractivity contribution in [3.05, 3.63) is 22.4 Å². The maximum absolute atomic E-state index is 11.7. The smallest absolute Gasteiger partial charge is 0.261 e. The summed E-state index contributed by atoms with van der Waals surface area (Å²) >= 11 is 1.35. The molecular formula is C12H20ClN3O2S. The van der Waals surface area contributed by atoms with Crippen LogP contribution in [0.5, 0.6) is 0 Å². The van der Waals surface area contributed by atoms with Crippen molar-refractivity contribution < 1.29 is 9.59 Å². The molecule has 0 aliphatic heterocycles. The van der Waals surface area contributed by atoms with E-state index in [0.717, 1.165) is 0 Å². The van der Waals surface area contributed by atoms with Gasteiger partial charge in [-0.3, -0.25) is 9.59 Å². The van der Waals surface area contributed by atoms with Gasteiger partial charge in [-0.15, -0.1) is 23.7 Å². The lowest BCUT2D eigenvalue weighted by atomic mass is 10.2. The number of rotatable bonds is 6. The summed E-state index contributed by atoms with van der Waals surface area (Å²) in [5.74, 6) is -0.392. The van der Waals surface area contributed by atoms with E-state index in [0.29, 0.717) is 11.4 Å². The standard InChI is InChI=1S/C12H19N3O2S.ClH/c1-8(13-3)7-14-11(16)9(2)15-12(17)10-5-4-6-18-10;/h4-6,8-9,13H,7H2,1-3H3,(H,14,16)(H,15,17);1H. The maximum Gasteiger partial charge on any atom is 0.261 e. The number of hydrogen-bond acceptors (Lipinski definition) is 4. The fraction of sp³-hybridized carbons (Fsp3) is 0.500. The highest BCUT2D eigenvalue weighted by Crippen LogP contribution is 2.07. The maximum atomic E-state index is 11.7. The molecule has 19 heavy (non-hydrogen) atoms. The van der Waals surface area contributed by atoms with Gasteiger partial charge in [0.1, 0.15) is 6.04 Å². The van der Waals surface area contributed by atoms with Crippen LogP contribution < -0.4 is 16.0 Å². The number of halogens is 1. The van der Waals surface area contributed by atoms with Gasteiger partial charge in [-0.2, -0.15) is 0 Å². The van der Waals surface area contributed by atoms with Gasteiger partial charge in [-0.1, -0.05) is 6.07 Å². The van der Waals surface area contributed by atoms with Gasteiger partial charge in [0.25, 0.3) is 5.91 Å². The fourth-order valence-electron chi connectivity index (χ4n) is 1.25. The minimum absolute atomic E-state index is 0. The van der Waals surface area contributed by atoms with Crippen LogP contribution in [0.2, 0.25) is 0 Å². The Hall–Kier alpha value is -1.11. The third-order valence-electron chi connectivity index (χ3n) is 2.56. The van der Waals surface area contributed by atoms with Crippen LogP contribution in [0.3, 0.4) is 0 Å². The molecule has 0 saturated carbocycles. The van der Waals surface area contributed by atoms with Crippen LogP contribution >= 0.6 is 23.7 Å². The second-order valence-electron chi connectivity index (χ2n) is 4.11. The molecule has 0 saturated heterocycles. The predicted octanol–water partition coefficient (Wildman–Crippen LogP) is 1.01. The number of thiophene rings is 1. The van der Waals surface area contributed by atoms with E-state index in [9.17, 15) is 9.59 Å². The Bertz CT molecular complexity index is 398. The summed E-state index contributed by atoms with van der Waals surface area (Å²) in [6, 6.07) is 3.20. The highest BCUT2D eigenvalue weighted by atomic mass is 35.5. The Kier molecular flexibility index (Phi) is 8.38. The highest BCUT2D eigenvalue weighted by Gasteiger charge is 2.17. The van der Waals surface area contributed by atoms with E-state index in [1.54, 1.807) is 19.1 Å². The predicted molar refractivity (Wildman–Crippen MR) is 80.0 cm³/mol. The highest BCUT2D eigenvalue weighted by molar-refractivity contribution is 7.12. The van der Waals surface area contributed by atoms with Gasteiger partial charge < -0.3 is 16.0 Å². The van der Waals surface area contributed by atoms with Gasteiger partial charge in [0.15, 0.2) is 0 Å². The first-order valence-corrected chi connectivity index (χ1v) is 6.72. The Morgan fingerprint density at radius 1 is 1.37 bits per heavy atom. The molecule has 1 aromatic heterocycles. The molecule has 2 unspecified atom stereocenters. The Morgan fingerprint density at radius 2 is 2.05 bits per heavy atom. The third kappa shape index (κ3) is 6.04. The lowest BCUT2D eigenvalue weighted by molar-refractivity contribution is -0.122. The topological polar surface area (TPSA) is 70.2 Å². The van der Waals surface area contributed by atoms with Crippen LogP contribution in [0, 0.1) is 0 Å². The van der Waals surface area contributed by atoms with E-state index < -0.39 is 6.04 Å². The molecule has 3 N–H and O–H groups in total. The van der Waals surface area contributed by atoms with Crippen molar-refractivity contribution in [3.63, 3.8) is 0 Å². The SMILES string of the molecule is CNC(C)CNC(=O)C(C)NC(=O)c1cccs1.Cl. The van der Waals surface area contributed by atoms with E-state index in [2.05, 4.69) is 16.0 Å². The molecule has 7 heteroatoms. The van der Waals surface area contributed by atoms with Crippen molar-refractivity contribution in [1.29, 1.82) is 0 Å². The summed E-state index contributed by atoms with van der Waals surface area (Å²) in [5.41, 5.74) is 0. The van der Waals surface area contributed by atoms with Crippen LogP contribution in [0.25, 0.3) is 0 Å². The molecule has 108 valence electrons. The summed E-state index contributed by atoms with van der Waals surface area (Å²) in [6.45, 7) is 4.18. The number of amides is 2. The number of nitrogens with one attached hydrogen (secondary N) is 3. The molecule has 1 aromatic rings. The number of hydrogen-bond donors (Lipinski definition) is 3. The zero-order valence-electron chi connectivity index (χ0n) is 11.2. The normalized spacial score (nSPS) is 13.0. The van der Waals surface area contributed by atoms with Crippen LogP contribution in [-0.2, 0) is 4.79 Å². The van der Waals surface area contributed by atoms with E-state index in [4.69, 9.17) is 0 Å². The monoisotopic (exact) mass is 305 g/mol. The molecule has 0 radical (unpaired) electrons. The first-order valence-electron chi connectivity index (χ1n) is 5.84. The van der Waals surface area contributed by atoms with Gasteiger partial charge in [-0.05, 0) is 32.3 Å². The second-order valence-corrected chi connectivity index (χ2v) is 5.06. The largest absolute Gasteiger partial charge is 0.353 e. The van der Waals surface area contributed by atoms with E-state index in [1.165, 1.54) is 11.3 Å².